The van der Waals surface area contributed by atoms with Gasteiger partial charge >= 0.3 is 6.01 Å². The van der Waals surface area contributed by atoms with Crippen molar-refractivity contribution in [3.63, 3.8) is 0 Å². The first kappa shape index (κ1) is 21.7. The van der Waals surface area contributed by atoms with Gasteiger partial charge in [0.15, 0.2) is 5.82 Å². The van der Waals surface area contributed by atoms with Gasteiger partial charge in [-0.2, -0.15) is 9.37 Å². The zero-order chi connectivity index (χ0) is 22.9. The Bertz CT molecular complexity index is 1250. The molecular formula is C23H25FN6O2S. The van der Waals surface area contributed by atoms with Crippen molar-refractivity contribution in [2.45, 2.75) is 45.6 Å². The molecule has 5 rings (SSSR count). The van der Waals surface area contributed by atoms with Crippen molar-refractivity contribution in [3.05, 3.63) is 42.2 Å². The SMILES string of the molecule is CC(C)c1noc(N2CCC([C@H](C)Oc3nc4ccc(-c5ccnc(F)c5)nc4s3)CC2)n1. The maximum atomic E-state index is 13.5. The minimum atomic E-state index is -0.526. The second-order valence-electron chi connectivity index (χ2n) is 8.61. The number of pyridine rings is 2. The van der Waals surface area contributed by atoms with Gasteiger partial charge in [-0.1, -0.05) is 30.3 Å². The quantitative estimate of drug-likeness (QED) is 0.362. The van der Waals surface area contributed by atoms with Crippen LogP contribution in [0.3, 0.4) is 0 Å². The molecule has 0 aliphatic carbocycles. The summed E-state index contributed by atoms with van der Waals surface area (Å²) in [5, 5.41) is 4.67. The summed E-state index contributed by atoms with van der Waals surface area (Å²) < 4.78 is 25.1. The van der Waals surface area contributed by atoms with Gasteiger partial charge in [0.05, 0.1) is 5.69 Å². The van der Waals surface area contributed by atoms with Crippen molar-refractivity contribution in [1.82, 2.24) is 25.1 Å². The predicted octanol–water partition coefficient (Wildman–Crippen LogP) is 5.08. The van der Waals surface area contributed by atoms with E-state index in [1.807, 2.05) is 12.1 Å². The summed E-state index contributed by atoms with van der Waals surface area (Å²) in [7, 11) is 0. The Morgan fingerprint density at radius 2 is 1.94 bits per heavy atom. The fraction of sp³-hybridized carbons (Fsp3) is 0.435. The van der Waals surface area contributed by atoms with E-state index in [0.29, 0.717) is 28.4 Å². The maximum absolute atomic E-state index is 13.5. The molecule has 0 aromatic carbocycles. The molecule has 0 spiro atoms. The highest BCUT2D eigenvalue weighted by molar-refractivity contribution is 7.19. The molecule has 10 heteroatoms. The monoisotopic (exact) mass is 468 g/mol. The molecule has 0 amide bonds. The molecule has 8 nitrogen and oxygen atoms in total. The van der Waals surface area contributed by atoms with Crippen LogP contribution in [-0.2, 0) is 0 Å². The van der Waals surface area contributed by atoms with Gasteiger partial charge in [-0.05, 0) is 43.9 Å². The van der Waals surface area contributed by atoms with E-state index < -0.39 is 5.95 Å². The van der Waals surface area contributed by atoms with Crippen LogP contribution in [0.15, 0.2) is 35.0 Å². The molecule has 5 heterocycles. The summed E-state index contributed by atoms with van der Waals surface area (Å²) in [5.74, 6) is 0.871. The zero-order valence-electron chi connectivity index (χ0n) is 18.7. The minimum Gasteiger partial charge on any atom is -0.467 e. The normalized spacial score (nSPS) is 16.0. The number of aromatic nitrogens is 5. The smallest absolute Gasteiger partial charge is 0.324 e. The van der Waals surface area contributed by atoms with Crippen LogP contribution in [0.25, 0.3) is 21.6 Å². The molecule has 1 atom stereocenters. The van der Waals surface area contributed by atoms with Crippen LogP contribution in [-0.4, -0.2) is 44.3 Å². The van der Waals surface area contributed by atoms with Crippen LogP contribution in [0.4, 0.5) is 10.4 Å². The van der Waals surface area contributed by atoms with Crippen LogP contribution in [0.5, 0.6) is 5.19 Å². The Morgan fingerprint density at radius 1 is 1.12 bits per heavy atom. The van der Waals surface area contributed by atoms with E-state index in [1.165, 1.54) is 23.6 Å². The first-order valence-corrected chi connectivity index (χ1v) is 11.9. The van der Waals surface area contributed by atoms with E-state index in [4.69, 9.17) is 9.26 Å². The van der Waals surface area contributed by atoms with Crippen molar-refractivity contribution < 1.29 is 13.7 Å². The van der Waals surface area contributed by atoms with Crippen molar-refractivity contribution in [2.75, 3.05) is 18.0 Å². The van der Waals surface area contributed by atoms with Crippen molar-refractivity contribution >= 4 is 27.7 Å². The lowest BCUT2D eigenvalue weighted by Crippen LogP contribution is -2.38. The van der Waals surface area contributed by atoms with Gasteiger partial charge in [0.2, 0.25) is 5.95 Å². The Labute approximate surface area is 194 Å². The van der Waals surface area contributed by atoms with Crippen molar-refractivity contribution in [3.8, 4) is 16.5 Å². The number of fused-ring (bicyclic) bond motifs is 1. The zero-order valence-corrected chi connectivity index (χ0v) is 19.5. The molecule has 0 bridgehead atoms. The standard InChI is InChI=1S/C23H25FN6O2S/c1-13(2)20-28-22(32-29-20)30-10-7-15(8-11-30)14(3)31-23-27-18-5-4-17(26-21(18)33-23)16-6-9-25-19(24)12-16/h4-6,9,12-15H,7-8,10-11H2,1-3H3/t14-/m0/s1. The number of hydrogen-bond donors (Lipinski definition) is 0. The van der Waals surface area contributed by atoms with E-state index >= 15 is 0 Å². The fourth-order valence-electron chi connectivity index (χ4n) is 3.97. The Morgan fingerprint density at radius 3 is 2.67 bits per heavy atom. The number of halogens is 1. The van der Waals surface area contributed by atoms with Gasteiger partial charge in [0.1, 0.15) is 16.5 Å². The predicted molar refractivity (Wildman–Crippen MR) is 124 cm³/mol. The number of thiazole rings is 1. The molecule has 33 heavy (non-hydrogen) atoms. The Balaban J connectivity index is 1.22. The number of hydrogen-bond acceptors (Lipinski definition) is 9. The van der Waals surface area contributed by atoms with Gasteiger partial charge in [-0.25, -0.2) is 15.0 Å². The first-order valence-electron chi connectivity index (χ1n) is 11.1. The molecule has 4 aromatic heterocycles. The van der Waals surface area contributed by atoms with E-state index in [9.17, 15) is 4.39 Å². The first-order chi connectivity index (χ1) is 16.0. The highest BCUT2D eigenvalue weighted by Crippen LogP contribution is 2.32. The number of piperidine rings is 1. The molecule has 4 aromatic rings. The largest absolute Gasteiger partial charge is 0.467 e. The summed E-state index contributed by atoms with van der Waals surface area (Å²) >= 11 is 1.41. The Kier molecular flexibility index (Phi) is 5.92. The Hall–Kier alpha value is -3.14. The second-order valence-corrected chi connectivity index (χ2v) is 9.55. The summed E-state index contributed by atoms with van der Waals surface area (Å²) in [4.78, 5) is 20.2. The number of nitrogens with zero attached hydrogens (tertiary/aromatic N) is 6. The van der Waals surface area contributed by atoms with E-state index in [-0.39, 0.29) is 12.0 Å². The van der Waals surface area contributed by atoms with E-state index in [2.05, 4.69) is 50.8 Å². The molecule has 1 aliphatic heterocycles. The lowest BCUT2D eigenvalue weighted by molar-refractivity contribution is 0.131. The second kappa shape index (κ2) is 9.01. The molecular weight excluding hydrogens is 443 g/mol. The van der Waals surface area contributed by atoms with Crippen LogP contribution < -0.4 is 9.64 Å². The minimum absolute atomic E-state index is 0.0235. The molecule has 0 unspecified atom stereocenters. The van der Waals surface area contributed by atoms with E-state index in [1.54, 1.807) is 6.07 Å². The van der Waals surface area contributed by atoms with Gasteiger partial charge in [0.25, 0.3) is 5.19 Å². The van der Waals surface area contributed by atoms with Crippen LogP contribution >= 0.6 is 11.3 Å². The molecule has 0 saturated carbocycles. The molecule has 0 N–H and O–H groups in total. The summed E-state index contributed by atoms with van der Waals surface area (Å²) in [6.07, 6.45) is 3.41. The summed E-state index contributed by atoms with van der Waals surface area (Å²) in [6.45, 7) is 7.90. The lowest BCUT2D eigenvalue weighted by Gasteiger charge is -2.33. The third-order valence-electron chi connectivity index (χ3n) is 5.97. The van der Waals surface area contributed by atoms with Crippen LogP contribution in [0.2, 0.25) is 0 Å². The fourth-order valence-corrected chi connectivity index (χ4v) is 4.85. The molecule has 1 aliphatic rings. The number of ether oxygens (including phenoxy) is 1. The maximum Gasteiger partial charge on any atom is 0.324 e. The topological polar surface area (TPSA) is 90.1 Å². The average Bonchev–Trinajstić information content (AvgIpc) is 3.46. The highest BCUT2D eigenvalue weighted by Gasteiger charge is 2.28. The van der Waals surface area contributed by atoms with Crippen LogP contribution in [0, 0.1) is 11.9 Å². The molecule has 0 radical (unpaired) electrons. The molecule has 1 saturated heterocycles. The summed E-state index contributed by atoms with van der Waals surface area (Å²) in [6, 6.07) is 7.44. The third kappa shape index (κ3) is 4.66. The van der Waals surface area contributed by atoms with Gasteiger partial charge < -0.3 is 14.2 Å². The molecule has 172 valence electrons. The molecule has 1 fully saturated rings. The van der Waals surface area contributed by atoms with E-state index in [0.717, 1.165) is 42.1 Å². The van der Waals surface area contributed by atoms with Gasteiger partial charge in [-0.3, -0.25) is 0 Å². The number of rotatable bonds is 6. The van der Waals surface area contributed by atoms with Gasteiger partial charge in [-0.15, -0.1) is 0 Å². The van der Waals surface area contributed by atoms with Crippen molar-refractivity contribution in [1.29, 1.82) is 0 Å². The van der Waals surface area contributed by atoms with Crippen molar-refractivity contribution in [2.24, 2.45) is 5.92 Å². The van der Waals surface area contributed by atoms with Crippen LogP contribution in [0.1, 0.15) is 45.4 Å². The highest BCUT2D eigenvalue weighted by atomic mass is 32.1. The average molecular weight is 469 g/mol. The third-order valence-corrected chi connectivity index (χ3v) is 6.82. The summed E-state index contributed by atoms with van der Waals surface area (Å²) in [5.41, 5.74) is 2.14. The number of anilines is 1. The lowest BCUT2D eigenvalue weighted by atomic mass is 9.92. The van der Waals surface area contributed by atoms with Gasteiger partial charge in [0, 0.05) is 36.8 Å².